The minimum Gasteiger partial charge on any atom is -0.469 e. The highest BCUT2D eigenvalue weighted by molar-refractivity contribution is 5.80. The fourth-order valence-corrected chi connectivity index (χ4v) is 3.92. The number of carbonyl (C=O) groups excluding carboxylic acids is 1. The van der Waals surface area contributed by atoms with Crippen molar-refractivity contribution >= 4 is 11.9 Å². The fraction of sp³-hybridized carbons (Fsp3) is 0.889. The molecule has 24 heavy (non-hydrogen) atoms. The Morgan fingerprint density at radius 1 is 1.17 bits per heavy atom. The SMILES string of the molecule is CCNC(=NCC1CCN(C2CC2)C1)N1CCC(C(=O)OC)CC1. The molecule has 2 saturated heterocycles. The molecule has 0 radical (unpaired) electrons. The summed E-state index contributed by atoms with van der Waals surface area (Å²) in [6.45, 7) is 8.15. The molecule has 0 aromatic carbocycles. The number of hydrogen-bond donors (Lipinski definition) is 1. The monoisotopic (exact) mass is 336 g/mol. The van der Waals surface area contributed by atoms with Gasteiger partial charge in [-0.1, -0.05) is 0 Å². The predicted octanol–water partition coefficient (Wildman–Crippen LogP) is 1.32. The summed E-state index contributed by atoms with van der Waals surface area (Å²) >= 11 is 0. The number of esters is 1. The molecular formula is C18H32N4O2. The molecule has 2 aliphatic heterocycles. The maximum absolute atomic E-state index is 11.7. The molecule has 3 rings (SSSR count). The van der Waals surface area contributed by atoms with Crippen LogP contribution in [-0.4, -0.2) is 74.1 Å². The van der Waals surface area contributed by atoms with Gasteiger partial charge in [-0.3, -0.25) is 9.79 Å². The Hall–Kier alpha value is -1.30. The van der Waals surface area contributed by atoms with E-state index in [-0.39, 0.29) is 11.9 Å². The van der Waals surface area contributed by atoms with Gasteiger partial charge in [0, 0.05) is 38.8 Å². The van der Waals surface area contributed by atoms with Crippen molar-refractivity contribution in [1.82, 2.24) is 15.1 Å². The van der Waals surface area contributed by atoms with Gasteiger partial charge in [-0.05, 0) is 51.5 Å². The Bertz CT molecular complexity index is 456. The maximum atomic E-state index is 11.7. The molecule has 0 amide bonds. The summed E-state index contributed by atoms with van der Waals surface area (Å²) in [6, 6.07) is 0.879. The zero-order valence-electron chi connectivity index (χ0n) is 15.2. The van der Waals surface area contributed by atoms with Gasteiger partial charge in [0.1, 0.15) is 0 Å². The van der Waals surface area contributed by atoms with Gasteiger partial charge in [0.2, 0.25) is 0 Å². The fourth-order valence-electron chi connectivity index (χ4n) is 3.92. The highest BCUT2D eigenvalue weighted by Gasteiger charge is 2.34. The molecule has 3 aliphatic rings. The molecule has 6 nitrogen and oxygen atoms in total. The van der Waals surface area contributed by atoms with Gasteiger partial charge in [0.15, 0.2) is 5.96 Å². The maximum Gasteiger partial charge on any atom is 0.308 e. The average Bonchev–Trinajstić information content (AvgIpc) is 3.36. The third-order valence-electron chi connectivity index (χ3n) is 5.54. The summed E-state index contributed by atoms with van der Waals surface area (Å²) < 4.78 is 4.87. The van der Waals surface area contributed by atoms with Crippen LogP contribution in [0.3, 0.4) is 0 Å². The Morgan fingerprint density at radius 2 is 1.92 bits per heavy atom. The van der Waals surface area contributed by atoms with Crippen LogP contribution in [-0.2, 0) is 9.53 Å². The lowest BCUT2D eigenvalue weighted by Crippen LogP contribution is -2.46. The van der Waals surface area contributed by atoms with Gasteiger partial charge in [-0.2, -0.15) is 0 Å². The molecular weight excluding hydrogens is 304 g/mol. The number of rotatable bonds is 5. The number of methoxy groups -OCH3 is 1. The number of piperidine rings is 1. The quantitative estimate of drug-likeness (QED) is 0.466. The van der Waals surface area contributed by atoms with Crippen LogP contribution in [0.25, 0.3) is 0 Å². The number of nitrogens with one attached hydrogen (secondary N) is 1. The minimum atomic E-state index is -0.0669. The number of ether oxygens (including phenoxy) is 1. The molecule has 1 aliphatic carbocycles. The van der Waals surface area contributed by atoms with Crippen LogP contribution < -0.4 is 5.32 Å². The number of guanidine groups is 1. The lowest BCUT2D eigenvalue weighted by molar-refractivity contribution is -0.146. The first kappa shape index (κ1) is 17.5. The van der Waals surface area contributed by atoms with E-state index >= 15 is 0 Å². The van der Waals surface area contributed by atoms with Crippen molar-refractivity contribution in [2.45, 2.75) is 45.1 Å². The molecule has 6 heteroatoms. The van der Waals surface area contributed by atoms with Crippen molar-refractivity contribution in [3.05, 3.63) is 0 Å². The molecule has 1 saturated carbocycles. The normalized spacial score (nSPS) is 26.7. The van der Waals surface area contributed by atoms with E-state index in [1.165, 1.54) is 39.5 Å². The highest BCUT2D eigenvalue weighted by Crippen LogP contribution is 2.31. The zero-order valence-corrected chi connectivity index (χ0v) is 15.2. The van der Waals surface area contributed by atoms with Crippen LogP contribution in [0.4, 0.5) is 0 Å². The molecule has 0 aromatic rings. The van der Waals surface area contributed by atoms with E-state index in [4.69, 9.17) is 9.73 Å². The summed E-state index contributed by atoms with van der Waals surface area (Å²) in [4.78, 5) is 21.5. The van der Waals surface area contributed by atoms with E-state index in [0.717, 1.165) is 51.0 Å². The Labute approximate surface area is 145 Å². The molecule has 2 heterocycles. The first-order valence-electron chi connectivity index (χ1n) is 9.56. The van der Waals surface area contributed by atoms with Crippen molar-refractivity contribution in [1.29, 1.82) is 0 Å². The number of hydrogen-bond acceptors (Lipinski definition) is 4. The van der Waals surface area contributed by atoms with E-state index < -0.39 is 0 Å². The smallest absolute Gasteiger partial charge is 0.308 e. The van der Waals surface area contributed by atoms with Crippen molar-refractivity contribution in [2.75, 3.05) is 46.4 Å². The van der Waals surface area contributed by atoms with Crippen LogP contribution in [0.2, 0.25) is 0 Å². The lowest BCUT2D eigenvalue weighted by Gasteiger charge is -2.33. The van der Waals surface area contributed by atoms with Crippen LogP contribution in [0.15, 0.2) is 4.99 Å². The number of aliphatic imine (C=N–C) groups is 1. The Morgan fingerprint density at radius 3 is 2.54 bits per heavy atom. The topological polar surface area (TPSA) is 57.2 Å². The second kappa shape index (κ2) is 8.19. The zero-order chi connectivity index (χ0) is 16.9. The van der Waals surface area contributed by atoms with Gasteiger partial charge < -0.3 is 19.9 Å². The van der Waals surface area contributed by atoms with Gasteiger partial charge in [0.05, 0.1) is 13.0 Å². The van der Waals surface area contributed by atoms with Gasteiger partial charge in [0.25, 0.3) is 0 Å². The number of carbonyl (C=O) groups is 1. The van der Waals surface area contributed by atoms with Crippen LogP contribution in [0.1, 0.15) is 39.0 Å². The van der Waals surface area contributed by atoms with Crippen LogP contribution >= 0.6 is 0 Å². The summed E-state index contributed by atoms with van der Waals surface area (Å²) in [5.74, 6) is 1.70. The third-order valence-corrected chi connectivity index (χ3v) is 5.54. The summed E-state index contributed by atoms with van der Waals surface area (Å²) in [6.07, 6.45) is 5.79. The Kier molecular flexibility index (Phi) is 5.98. The van der Waals surface area contributed by atoms with Gasteiger partial charge in [-0.25, -0.2) is 0 Å². The third kappa shape index (κ3) is 4.41. The van der Waals surface area contributed by atoms with Gasteiger partial charge >= 0.3 is 5.97 Å². The second-order valence-corrected chi connectivity index (χ2v) is 7.36. The van der Waals surface area contributed by atoms with E-state index in [2.05, 4.69) is 22.0 Å². The van der Waals surface area contributed by atoms with E-state index in [1.54, 1.807) is 0 Å². The molecule has 0 bridgehead atoms. The van der Waals surface area contributed by atoms with E-state index in [1.807, 2.05) is 0 Å². The summed E-state index contributed by atoms with van der Waals surface area (Å²) in [7, 11) is 1.48. The Balaban J connectivity index is 1.49. The molecule has 1 unspecified atom stereocenters. The van der Waals surface area contributed by atoms with Crippen LogP contribution in [0.5, 0.6) is 0 Å². The van der Waals surface area contributed by atoms with Crippen molar-refractivity contribution < 1.29 is 9.53 Å². The largest absolute Gasteiger partial charge is 0.469 e. The minimum absolute atomic E-state index is 0.0519. The summed E-state index contributed by atoms with van der Waals surface area (Å²) in [5, 5.41) is 3.43. The van der Waals surface area contributed by atoms with Crippen LogP contribution in [0, 0.1) is 11.8 Å². The second-order valence-electron chi connectivity index (χ2n) is 7.36. The molecule has 1 atom stereocenters. The highest BCUT2D eigenvalue weighted by atomic mass is 16.5. The predicted molar refractivity (Wildman–Crippen MR) is 95.0 cm³/mol. The van der Waals surface area contributed by atoms with Crippen molar-refractivity contribution in [3.63, 3.8) is 0 Å². The number of nitrogens with zero attached hydrogens (tertiary/aromatic N) is 3. The molecule has 3 fully saturated rings. The first-order chi connectivity index (χ1) is 11.7. The molecule has 0 aromatic heterocycles. The van der Waals surface area contributed by atoms with E-state index in [0.29, 0.717) is 5.92 Å². The molecule has 136 valence electrons. The average molecular weight is 336 g/mol. The van der Waals surface area contributed by atoms with Gasteiger partial charge in [-0.15, -0.1) is 0 Å². The lowest BCUT2D eigenvalue weighted by atomic mass is 9.97. The molecule has 1 N–H and O–H groups in total. The standard InChI is InChI=1S/C18H32N4O2/c1-3-19-18(21-10-7-15(8-11-21)17(23)24-2)20-12-14-6-9-22(13-14)16-4-5-16/h14-16H,3-13H2,1-2H3,(H,19,20). The first-order valence-corrected chi connectivity index (χ1v) is 9.56. The summed E-state index contributed by atoms with van der Waals surface area (Å²) in [5.41, 5.74) is 0. The van der Waals surface area contributed by atoms with Crippen molar-refractivity contribution in [3.8, 4) is 0 Å². The number of likely N-dealkylation sites (tertiary alicyclic amines) is 2. The van der Waals surface area contributed by atoms with E-state index in [9.17, 15) is 4.79 Å². The molecule has 0 spiro atoms. The van der Waals surface area contributed by atoms with Crippen molar-refractivity contribution in [2.24, 2.45) is 16.8 Å².